The Morgan fingerprint density at radius 3 is 2.17 bits per heavy atom. The number of amides is 2. The van der Waals surface area contributed by atoms with Gasteiger partial charge >= 0.3 is 0 Å². The SMILES string of the molecule is COc1ccc([C@H]2CN(C(=O)c3ccc(C)cc3)C[C@@H]2C(=O)N2CCCCC2)cc1. The van der Waals surface area contributed by atoms with Crippen LogP contribution in [0, 0.1) is 12.8 Å². The van der Waals surface area contributed by atoms with Gasteiger partial charge in [-0.15, -0.1) is 0 Å². The molecule has 2 aromatic carbocycles. The smallest absolute Gasteiger partial charge is 0.253 e. The van der Waals surface area contributed by atoms with Gasteiger partial charge in [-0.2, -0.15) is 0 Å². The summed E-state index contributed by atoms with van der Waals surface area (Å²) >= 11 is 0. The van der Waals surface area contributed by atoms with Crippen LogP contribution in [0.3, 0.4) is 0 Å². The molecule has 2 fully saturated rings. The van der Waals surface area contributed by atoms with Crippen LogP contribution in [0.4, 0.5) is 0 Å². The van der Waals surface area contributed by atoms with Gasteiger partial charge in [-0.1, -0.05) is 29.8 Å². The number of likely N-dealkylation sites (tertiary alicyclic amines) is 2. The molecular formula is C25H30N2O3. The van der Waals surface area contributed by atoms with Gasteiger partial charge < -0.3 is 14.5 Å². The number of nitrogens with zero attached hydrogens (tertiary/aromatic N) is 2. The maximum absolute atomic E-state index is 13.4. The van der Waals surface area contributed by atoms with Crippen molar-refractivity contribution in [1.82, 2.24) is 9.80 Å². The molecule has 0 saturated carbocycles. The molecule has 2 saturated heterocycles. The summed E-state index contributed by atoms with van der Waals surface area (Å²) < 4.78 is 5.29. The first-order valence-electron chi connectivity index (χ1n) is 10.9. The summed E-state index contributed by atoms with van der Waals surface area (Å²) in [7, 11) is 1.65. The average molecular weight is 407 g/mol. The number of rotatable bonds is 4. The van der Waals surface area contributed by atoms with E-state index in [0.29, 0.717) is 18.7 Å². The molecule has 0 N–H and O–H groups in total. The fourth-order valence-electron chi connectivity index (χ4n) is 4.64. The lowest BCUT2D eigenvalue weighted by atomic mass is 9.87. The molecule has 158 valence electrons. The third-order valence-corrected chi connectivity index (χ3v) is 6.43. The molecular weight excluding hydrogens is 376 g/mol. The van der Waals surface area contributed by atoms with E-state index in [1.807, 2.05) is 65.3 Å². The van der Waals surface area contributed by atoms with Crippen molar-refractivity contribution >= 4 is 11.8 Å². The lowest BCUT2D eigenvalue weighted by Gasteiger charge is -2.31. The van der Waals surface area contributed by atoms with Crippen molar-refractivity contribution in [2.75, 3.05) is 33.3 Å². The Bertz CT molecular complexity index is 886. The topological polar surface area (TPSA) is 49.9 Å². The standard InChI is InChI=1S/C25H30N2O3/c1-18-6-8-20(9-7-18)24(28)27-16-22(19-10-12-21(30-2)13-11-19)23(17-27)25(29)26-14-4-3-5-15-26/h6-13,22-23H,3-5,14-17H2,1-2H3/t22-,23+/m1/s1. The molecule has 0 aromatic heterocycles. The van der Waals surface area contributed by atoms with Crippen LogP contribution in [0.5, 0.6) is 5.75 Å². The summed E-state index contributed by atoms with van der Waals surface area (Å²) in [6.45, 7) is 4.70. The summed E-state index contributed by atoms with van der Waals surface area (Å²) in [5.41, 5.74) is 2.90. The van der Waals surface area contributed by atoms with Gasteiger partial charge in [0, 0.05) is 37.7 Å². The van der Waals surface area contributed by atoms with E-state index in [1.165, 1.54) is 6.42 Å². The Hall–Kier alpha value is -2.82. The number of hydrogen-bond donors (Lipinski definition) is 0. The Morgan fingerprint density at radius 1 is 0.867 bits per heavy atom. The molecule has 2 atom stereocenters. The molecule has 0 aliphatic carbocycles. The minimum Gasteiger partial charge on any atom is -0.497 e. The van der Waals surface area contributed by atoms with Crippen molar-refractivity contribution in [3.05, 3.63) is 65.2 Å². The highest BCUT2D eigenvalue weighted by molar-refractivity contribution is 5.95. The van der Waals surface area contributed by atoms with Gasteiger partial charge in [0.05, 0.1) is 13.0 Å². The largest absolute Gasteiger partial charge is 0.497 e. The Labute approximate surface area is 178 Å². The van der Waals surface area contributed by atoms with E-state index < -0.39 is 0 Å². The monoisotopic (exact) mass is 406 g/mol. The van der Waals surface area contributed by atoms with Crippen LogP contribution in [-0.4, -0.2) is 54.9 Å². The van der Waals surface area contributed by atoms with Gasteiger partial charge in [0.25, 0.3) is 5.91 Å². The molecule has 2 aliphatic heterocycles. The zero-order chi connectivity index (χ0) is 21.1. The van der Waals surface area contributed by atoms with Crippen molar-refractivity contribution < 1.29 is 14.3 Å². The maximum Gasteiger partial charge on any atom is 0.253 e. The second-order valence-electron chi connectivity index (χ2n) is 8.45. The van der Waals surface area contributed by atoms with Crippen molar-refractivity contribution in [3.63, 3.8) is 0 Å². The number of carbonyl (C=O) groups is 2. The Balaban J connectivity index is 1.59. The minimum absolute atomic E-state index is 0.000249. The quantitative estimate of drug-likeness (QED) is 0.774. The summed E-state index contributed by atoms with van der Waals surface area (Å²) in [4.78, 5) is 30.4. The summed E-state index contributed by atoms with van der Waals surface area (Å²) in [5.74, 6) is 0.783. The molecule has 5 heteroatoms. The molecule has 2 heterocycles. The van der Waals surface area contributed by atoms with Crippen LogP contribution in [-0.2, 0) is 4.79 Å². The number of piperidine rings is 1. The van der Waals surface area contributed by atoms with Crippen LogP contribution in [0.2, 0.25) is 0 Å². The maximum atomic E-state index is 13.4. The predicted octanol–water partition coefficient (Wildman–Crippen LogP) is 3.87. The molecule has 0 spiro atoms. The van der Waals surface area contributed by atoms with Gasteiger partial charge in [0.2, 0.25) is 5.91 Å². The first-order chi connectivity index (χ1) is 14.6. The zero-order valence-corrected chi connectivity index (χ0v) is 17.8. The molecule has 5 nitrogen and oxygen atoms in total. The minimum atomic E-state index is -0.203. The van der Waals surface area contributed by atoms with Gasteiger partial charge in [0.15, 0.2) is 0 Å². The van der Waals surface area contributed by atoms with Crippen molar-refractivity contribution in [1.29, 1.82) is 0 Å². The first kappa shape index (κ1) is 20.5. The van der Waals surface area contributed by atoms with E-state index in [9.17, 15) is 9.59 Å². The zero-order valence-electron chi connectivity index (χ0n) is 17.8. The first-order valence-corrected chi connectivity index (χ1v) is 10.9. The number of benzene rings is 2. The second-order valence-corrected chi connectivity index (χ2v) is 8.45. The van der Waals surface area contributed by atoms with E-state index in [0.717, 1.165) is 42.8 Å². The summed E-state index contributed by atoms with van der Waals surface area (Å²) in [6.07, 6.45) is 3.32. The van der Waals surface area contributed by atoms with E-state index in [2.05, 4.69) is 0 Å². The highest BCUT2D eigenvalue weighted by Gasteiger charge is 2.42. The number of ether oxygens (including phenoxy) is 1. The Kier molecular flexibility index (Phi) is 6.07. The molecule has 30 heavy (non-hydrogen) atoms. The second kappa shape index (κ2) is 8.90. The van der Waals surface area contributed by atoms with Crippen LogP contribution in [0.1, 0.15) is 46.7 Å². The highest BCUT2D eigenvalue weighted by atomic mass is 16.5. The number of methoxy groups -OCH3 is 1. The normalized spacial score (nSPS) is 21.5. The van der Waals surface area contributed by atoms with Crippen LogP contribution < -0.4 is 4.74 Å². The van der Waals surface area contributed by atoms with Crippen LogP contribution >= 0.6 is 0 Å². The molecule has 2 amide bonds. The fraction of sp³-hybridized carbons (Fsp3) is 0.440. The predicted molar refractivity (Wildman–Crippen MR) is 117 cm³/mol. The van der Waals surface area contributed by atoms with Crippen molar-refractivity contribution in [2.24, 2.45) is 5.92 Å². The average Bonchev–Trinajstić information content (AvgIpc) is 3.24. The van der Waals surface area contributed by atoms with Crippen LogP contribution in [0.25, 0.3) is 0 Å². The van der Waals surface area contributed by atoms with Gasteiger partial charge in [-0.05, 0) is 56.0 Å². The molecule has 2 aromatic rings. The lowest BCUT2D eigenvalue weighted by molar-refractivity contribution is -0.136. The molecule has 0 unspecified atom stereocenters. The van der Waals surface area contributed by atoms with E-state index in [4.69, 9.17) is 4.74 Å². The Morgan fingerprint density at radius 2 is 1.53 bits per heavy atom. The molecule has 0 radical (unpaired) electrons. The number of hydrogen-bond acceptors (Lipinski definition) is 3. The van der Waals surface area contributed by atoms with Gasteiger partial charge in [-0.3, -0.25) is 9.59 Å². The van der Waals surface area contributed by atoms with Gasteiger partial charge in [0.1, 0.15) is 5.75 Å². The van der Waals surface area contributed by atoms with Crippen molar-refractivity contribution in [3.8, 4) is 5.75 Å². The van der Waals surface area contributed by atoms with Crippen LogP contribution in [0.15, 0.2) is 48.5 Å². The molecule has 0 bridgehead atoms. The molecule has 2 aliphatic rings. The van der Waals surface area contributed by atoms with Crippen molar-refractivity contribution in [2.45, 2.75) is 32.1 Å². The van der Waals surface area contributed by atoms with E-state index >= 15 is 0 Å². The van der Waals surface area contributed by atoms with Gasteiger partial charge in [-0.25, -0.2) is 0 Å². The summed E-state index contributed by atoms with van der Waals surface area (Å²) in [5, 5.41) is 0. The summed E-state index contributed by atoms with van der Waals surface area (Å²) in [6, 6.07) is 15.6. The number of carbonyl (C=O) groups excluding carboxylic acids is 2. The fourth-order valence-corrected chi connectivity index (χ4v) is 4.64. The third-order valence-electron chi connectivity index (χ3n) is 6.43. The highest BCUT2D eigenvalue weighted by Crippen LogP contribution is 2.36. The number of aryl methyl sites for hydroxylation is 1. The lowest BCUT2D eigenvalue weighted by Crippen LogP contribution is -2.42. The van der Waals surface area contributed by atoms with E-state index in [-0.39, 0.29) is 23.7 Å². The van der Waals surface area contributed by atoms with E-state index in [1.54, 1.807) is 7.11 Å². The molecule has 4 rings (SSSR count). The third kappa shape index (κ3) is 4.20.